The van der Waals surface area contributed by atoms with Gasteiger partial charge in [0.2, 0.25) is 0 Å². The van der Waals surface area contributed by atoms with Gasteiger partial charge in [-0.2, -0.15) is 0 Å². The summed E-state index contributed by atoms with van der Waals surface area (Å²) < 4.78 is 5.19. The zero-order valence-electron chi connectivity index (χ0n) is 5.70. The molecule has 3 nitrogen and oxygen atoms in total. The molecule has 1 saturated heterocycles. The molecule has 1 rings (SSSR count). The Bertz CT molecular complexity index is 120. The normalized spacial score (nSPS) is 48.0. The first kappa shape index (κ1) is 8.46. The van der Waals surface area contributed by atoms with Crippen molar-refractivity contribution >= 4 is 15.9 Å². The molecule has 0 aromatic rings. The summed E-state index contributed by atoms with van der Waals surface area (Å²) in [6.45, 7) is 1.74. The zero-order valence-corrected chi connectivity index (χ0v) is 7.28. The number of alkyl halides is 1. The van der Waals surface area contributed by atoms with Crippen LogP contribution in [0.3, 0.4) is 0 Å². The van der Waals surface area contributed by atoms with Gasteiger partial charge in [-0.25, -0.2) is 0 Å². The van der Waals surface area contributed by atoms with Crippen LogP contribution in [0.4, 0.5) is 0 Å². The van der Waals surface area contributed by atoms with E-state index in [0.717, 1.165) is 0 Å². The fourth-order valence-electron chi connectivity index (χ4n) is 1.07. The lowest BCUT2D eigenvalue weighted by molar-refractivity contribution is -0.0170. The van der Waals surface area contributed by atoms with Crippen molar-refractivity contribution in [2.24, 2.45) is 0 Å². The van der Waals surface area contributed by atoms with Crippen LogP contribution < -0.4 is 0 Å². The first-order valence-electron chi connectivity index (χ1n) is 3.25. The molecule has 0 saturated carbocycles. The highest BCUT2D eigenvalue weighted by molar-refractivity contribution is 9.09. The summed E-state index contributed by atoms with van der Waals surface area (Å²) in [6.07, 6.45) is -1.02. The van der Waals surface area contributed by atoms with Crippen LogP contribution in [0.2, 0.25) is 0 Å². The SMILES string of the molecule is C[C@@H]1O[C@H](CO)[C@H](O)C1Br. The fourth-order valence-corrected chi connectivity index (χ4v) is 1.53. The van der Waals surface area contributed by atoms with Gasteiger partial charge in [-0.15, -0.1) is 0 Å². The third kappa shape index (κ3) is 1.34. The summed E-state index contributed by atoms with van der Waals surface area (Å²) in [5, 5.41) is 18.0. The Morgan fingerprint density at radius 3 is 2.40 bits per heavy atom. The van der Waals surface area contributed by atoms with E-state index >= 15 is 0 Å². The lowest BCUT2D eigenvalue weighted by Gasteiger charge is -2.10. The molecule has 1 aliphatic rings. The van der Waals surface area contributed by atoms with Gasteiger partial charge < -0.3 is 14.9 Å². The van der Waals surface area contributed by atoms with Crippen LogP contribution in [0.5, 0.6) is 0 Å². The summed E-state index contributed by atoms with van der Waals surface area (Å²) in [5.41, 5.74) is 0. The topological polar surface area (TPSA) is 49.7 Å². The lowest BCUT2D eigenvalue weighted by atomic mass is 10.1. The van der Waals surface area contributed by atoms with Gasteiger partial charge in [-0.1, -0.05) is 15.9 Å². The number of aliphatic hydroxyl groups is 2. The molecular formula is C6H11BrO3. The first-order valence-corrected chi connectivity index (χ1v) is 4.17. The van der Waals surface area contributed by atoms with E-state index in [1.807, 2.05) is 6.92 Å². The third-order valence-corrected chi connectivity index (χ3v) is 3.01. The minimum Gasteiger partial charge on any atom is -0.394 e. The monoisotopic (exact) mass is 210 g/mol. The van der Waals surface area contributed by atoms with Crippen LogP contribution >= 0.6 is 15.9 Å². The van der Waals surface area contributed by atoms with E-state index in [4.69, 9.17) is 9.84 Å². The molecule has 4 atom stereocenters. The quantitative estimate of drug-likeness (QED) is 0.595. The van der Waals surface area contributed by atoms with E-state index < -0.39 is 12.2 Å². The average molecular weight is 211 g/mol. The van der Waals surface area contributed by atoms with Crippen molar-refractivity contribution in [3.05, 3.63) is 0 Å². The summed E-state index contributed by atoms with van der Waals surface area (Å²) in [5.74, 6) is 0. The molecule has 1 heterocycles. The van der Waals surface area contributed by atoms with Gasteiger partial charge in [0.15, 0.2) is 0 Å². The largest absolute Gasteiger partial charge is 0.394 e. The van der Waals surface area contributed by atoms with Crippen molar-refractivity contribution in [2.75, 3.05) is 6.61 Å². The number of ether oxygens (including phenoxy) is 1. The molecule has 60 valence electrons. The van der Waals surface area contributed by atoms with E-state index in [0.29, 0.717) is 0 Å². The molecule has 0 spiro atoms. The van der Waals surface area contributed by atoms with Crippen LogP contribution in [0.1, 0.15) is 6.92 Å². The Morgan fingerprint density at radius 2 is 2.20 bits per heavy atom. The minimum absolute atomic E-state index is 0.0212. The van der Waals surface area contributed by atoms with Gasteiger partial charge >= 0.3 is 0 Å². The highest BCUT2D eigenvalue weighted by Crippen LogP contribution is 2.26. The predicted octanol–water partition coefficient (Wildman–Crippen LogP) is -0.110. The molecule has 0 bridgehead atoms. The second-order valence-electron chi connectivity index (χ2n) is 2.50. The summed E-state index contributed by atoms with van der Waals surface area (Å²) >= 11 is 3.26. The molecule has 0 amide bonds. The molecular weight excluding hydrogens is 200 g/mol. The highest BCUT2D eigenvalue weighted by atomic mass is 79.9. The molecule has 2 N–H and O–H groups in total. The van der Waals surface area contributed by atoms with Gasteiger partial charge in [0.1, 0.15) is 6.10 Å². The standard InChI is InChI=1S/C6H11BrO3/c1-3-5(7)6(9)4(2-8)10-3/h3-6,8-9H,2H2,1H3/t3-,4+,5?,6-/m0/s1. The second-order valence-corrected chi connectivity index (χ2v) is 3.55. The van der Waals surface area contributed by atoms with Crippen molar-refractivity contribution in [3.8, 4) is 0 Å². The van der Waals surface area contributed by atoms with Crippen molar-refractivity contribution < 1.29 is 14.9 Å². The summed E-state index contributed by atoms with van der Waals surface area (Å²) in [7, 11) is 0. The highest BCUT2D eigenvalue weighted by Gasteiger charge is 2.38. The Kier molecular flexibility index (Phi) is 2.68. The number of rotatable bonds is 1. The smallest absolute Gasteiger partial charge is 0.108 e. The van der Waals surface area contributed by atoms with Gasteiger partial charge in [0, 0.05) is 0 Å². The van der Waals surface area contributed by atoms with E-state index in [1.54, 1.807) is 0 Å². The summed E-state index contributed by atoms with van der Waals surface area (Å²) in [4.78, 5) is -0.0513. The third-order valence-electron chi connectivity index (χ3n) is 1.73. The zero-order chi connectivity index (χ0) is 7.72. The number of hydrogen-bond donors (Lipinski definition) is 2. The number of aliphatic hydroxyl groups excluding tert-OH is 2. The van der Waals surface area contributed by atoms with Crippen LogP contribution in [0, 0.1) is 0 Å². The van der Waals surface area contributed by atoms with Crippen LogP contribution in [0.15, 0.2) is 0 Å². The Morgan fingerprint density at radius 1 is 1.60 bits per heavy atom. The van der Waals surface area contributed by atoms with Gasteiger partial charge in [0.25, 0.3) is 0 Å². The van der Waals surface area contributed by atoms with Crippen LogP contribution in [-0.2, 0) is 4.74 Å². The van der Waals surface area contributed by atoms with Crippen molar-refractivity contribution in [3.63, 3.8) is 0 Å². The molecule has 4 heteroatoms. The maximum absolute atomic E-state index is 9.30. The summed E-state index contributed by atoms with van der Waals surface area (Å²) in [6, 6.07) is 0. The molecule has 1 unspecified atom stereocenters. The Labute approximate surface area is 68.1 Å². The number of halogens is 1. The van der Waals surface area contributed by atoms with Crippen molar-refractivity contribution in [1.29, 1.82) is 0 Å². The van der Waals surface area contributed by atoms with Crippen molar-refractivity contribution in [2.45, 2.75) is 30.1 Å². The first-order chi connectivity index (χ1) is 4.66. The van der Waals surface area contributed by atoms with Gasteiger partial charge in [0.05, 0.1) is 23.6 Å². The van der Waals surface area contributed by atoms with Crippen molar-refractivity contribution in [1.82, 2.24) is 0 Å². The average Bonchev–Trinajstić information content (AvgIpc) is 2.17. The van der Waals surface area contributed by atoms with Crippen LogP contribution in [-0.4, -0.2) is 40.0 Å². The number of hydrogen-bond acceptors (Lipinski definition) is 3. The molecule has 1 fully saturated rings. The Hall–Kier alpha value is 0.360. The maximum atomic E-state index is 9.30. The van der Waals surface area contributed by atoms with Gasteiger partial charge in [-0.05, 0) is 6.92 Å². The molecule has 0 radical (unpaired) electrons. The molecule has 0 aliphatic carbocycles. The van der Waals surface area contributed by atoms with E-state index in [-0.39, 0.29) is 17.5 Å². The van der Waals surface area contributed by atoms with E-state index in [2.05, 4.69) is 15.9 Å². The van der Waals surface area contributed by atoms with Crippen LogP contribution in [0.25, 0.3) is 0 Å². The molecule has 0 aromatic carbocycles. The lowest BCUT2D eigenvalue weighted by Crippen LogP contribution is -2.29. The molecule has 10 heavy (non-hydrogen) atoms. The van der Waals surface area contributed by atoms with E-state index in [9.17, 15) is 5.11 Å². The fraction of sp³-hybridized carbons (Fsp3) is 1.00. The van der Waals surface area contributed by atoms with Gasteiger partial charge in [-0.3, -0.25) is 0 Å². The predicted molar refractivity (Wildman–Crippen MR) is 40.1 cm³/mol. The Balaban J connectivity index is 2.53. The molecule has 1 aliphatic heterocycles. The second kappa shape index (κ2) is 3.17. The van der Waals surface area contributed by atoms with E-state index in [1.165, 1.54) is 0 Å². The molecule has 0 aromatic heterocycles. The minimum atomic E-state index is -0.583. The maximum Gasteiger partial charge on any atom is 0.108 e.